The van der Waals surface area contributed by atoms with Gasteiger partial charge in [-0.3, -0.25) is 9.59 Å². The second-order valence-electron chi connectivity index (χ2n) is 3.37. The molecule has 1 aliphatic rings. The molecule has 7 nitrogen and oxygen atoms in total. The summed E-state index contributed by atoms with van der Waals surface area (Å²) in [4.78, 5) is 32.3. The van der Waals surface area contributed by atoms with Crippen molar-refractivity contribution < 1.29 is 37.4 Å². The van der Waals surface area contributed by atoms with Crippen molar-refractivity contribution in [3.05, 3.63) is 0 Å². The van der Waals surface area contributed by atoms with Crippen molar-refractivity contribution in [3.8, 4) is 0 Å². The first-order valence-electron chi connectivity index (χ1n) is 5.04. The van der Waals surface area contributed by atoms with Gasteiger partial charge in [0.25, 0.3) is 0 Å². The third-order valence-corrected chi connectivity index (χ3v) is 1.98. The summed E-state index contributed by atoms with van der Waals surface area (Å²) in [6.45, 7) is 1.70. The molecule has 1 rings (SSSR count). The van der Waals surface area contributed by atoms with Crippen molar-refractivity contribution in [2.45, 2.75) is 6.18 Å². The fourth-order valence-electron chi connectivity index (χ4n) is 1.03. The maximum Gasteiger partial charge on any atom is 0.490 e. The molecule has 0 bridgehead atoms. The number of piperazine rings is 1. The first-order chi connectivity index (χ1) is 8.68. The summed E-state index contributed by atoms with van der Waals surface area (Å²) >= 11 is 0. The Morgan fingerprint density at radius 1 is 1.47 bits per heavy atom. The first-order valence-corrected chi connectivity index (χ1v) is 5.04. The van der Waals surface area contributed by atoms with E-state index in [1.54, 1.807) is 0 Å². The van der Waals surface area contributed by atoms with E-state index in [4.69, 9.17) is 9.90 Å². The van der Waals surface area contributed by atoms with E-state index in [1.165, 1.54) is 12.0 Å². The Labute approximate surface area is 106 Å². The number of amides is 1. The van der Waals surface area contributed by atoms with Gasteiger partial charge in [-0.05, 0) is 0 Å². The molecule has 10 heteroatoms. The van der Waals surface area contributed by atoms with Crippen LogP contribution >= 0.6 is 0 Å². The van der Waals surface area contributed by atoms with Crippen LogP contribution in [0.15, 0.2) is 0 Å². The molecule has 0 aromatic carbocycles. The van der Waals surface area contributed by atoms with Gasteiger partial charge in [-0.1, -0.05) is 0 Å². The average molecular weight is 286 g/mol. The molecule has 1 aliphatic heterocycles. The van der Waals surface area contributed by atoms with Crippen LogP contribution in [0.5, 0.6) is 0 Å². The normalized spacial score (nSPS) is 15.4. The smallest absolute Gasteiger partial charge is 0.475 e. The molecule has 110 valence electrons. The lowest BCUT2D eigenvalue weighted by atomic mass is 10.3. The maximum atomic E-state index is 11.1. The number of aliphatic carboxylic acids is 1. The van der Waals surface area contributed by atoms with Gasteiger partial charge in [0.05, 0.1) is 13.7 Å². The average Bonchev–Trinajstić information content (AvgIpc) is 2.31. The van der Waals surface area contributed by atoms with Crippen LogP contribution in [0.2, 0.25) is 0 Å². The van der Waals surface area contributed by atoms with E-state index >= 15 is 0 Å². The standard InChI is InChI=1S/C7H12N2O3.C2HF3O2/c1-12-7(11)5-9-3-2-8-4-6(9)10;3-2(4,5)1(6)7/h8H,2-5H2,1H3;(H,6,7). The number of rotatable bonds is 2. The maximum absolute atomic E-state index is 11.1. The van der Waals surface area contributed by atoms with Crippen molar-refractivity contribution in [3.63, 3.8) is 0 Å². The zero-order valence-corrected chi connectivity index (χ0v) is 9.99. The molecule has 0 unspecified atom stereocenters. The first kappa shape index (κ1) is 17.2. The molecule has 0 saturated carbocycles. The highest BCUT2D eigenvalue weighted by Crippen LogP contribution is 2.13. The minimum Gasteiger partial charge on any atom is -0.475 e. The molecule has 0 aromatic heterocycles. The molecule has 1 fully saturated rings. The number of ether oxygens (including phenoxy) is 1. The van der Waals surface area contributed by atoms with Crippen LogP contribution in [0.3, 0.4) is 0 Å². The number of hydrogen-bond donors (Lipinski definition) is 2. The van der Waals surface area contributed by atoms with Crippen LogP contribution in [-0.2, 0) is 19.1 Å². The Hall–Kier alpha value is -1.84. The van der Waals surface area contributed by atoms with E-state index in [-0.39, 0.29) is 18.4 Å². The molecule has 0 atom stereocenters. The summed E-state index contributed by atoms with van der Waals surface area (Å²) < 4.78 is 36.2. The fraction of sp³-hybridized carbons (Fsp3) is 0.667. The highest BCUT2D eigenvalue weighted by atomic mass is 19.4. The number of esters is 1. The van der Waals surface area contributed by atoms with Gasteiger partial charge in [-0.2, -0.15) is 13.2 Å². The van der Waals surface area contributed by atoms with E-state index in [0.29, 0.717) is 13.1 Å². The van der Waals surface area contributed by atoms with E-state index < -0.39 is 12.1 Å². The number of nitrogens with zero attached hydrogens (tertiary/aromatic N) is 1. The van der Waals surface area contributed by atoms with Crippen LogP contribution < -0.4 is 5.32 Å². The molecule has 1 saturated heterocycles. The van der Waals surface area contributed by atoms with Crippen LogP contribution in [0, 0.1) is 0 Å². The second-order valence-corrected chi connectivity index (χ2v) is 3.37. The third-order valence-electron chi connectivity index (χ3n) is 1.98. The lowest BCUT2D eigenvalue weighted by Crippen LogP contribution is -2.49. The largest absolute Gasteiger partial charge is 0.490 e. The Morgan fingerprint density at radius 3 is 2.37 bits per heavy atom. The van der Waals surface area contributed by atoms with Crippen LogP contribution in [0.1, 0.15) is 0 Å². The summed E-state index contributed by atoms with van der Waals surface area (Å²) in [7, 11) is 1.31. The fourth-order valence-corrected chi connectivity index (χ4v) is 1.03. The SMILES string of the molecule is COC(=O)CN1CCNCC1=O.O=C(O)C(F)(F)F. The lowest BCUT2D eigenvalue weighted by Gasteiger charge is -2.25. The summed E-state index contributed by atoms with van der Waals surface area (Å²) in [6, 6.07) is 0. The molecule has 1 heterocycles. The van der Waals surface area contributed by atoms with Gasteiger partial charge in [0.15, 0.2) is 0 Å². The Bertz CT molecular complexity index is 345. The summed E-state index contributed by atoms with van der Waals surface area (Å²) in [6.07, 6.45) is -5.08. The number of carbonyl (C=O) groups is 3. The molecule has 0 aliphatic carbocycles. The number of halogens is 3. The van der Waals surface area contributed by atoms with E-state index in [9.17, 15) is 22.8 Å². The van der Waals surface area contributed by atoms with Crippen molar-refractivity contribution in [1.29, 1.82) is 0 Å². The molecule has 1 amide bonds. The Balaban J connectivity index is 0.000000399. The van der Waals surface area contributed by atoms with Gasteiger partial charge in [0.2, 0.25) is 5.91 Å². The van der Waals surface area contributed by atoms with Crippen molar-refractivity contribution in [2.24, 2.45) is 0 Å². The minimum absolute atomic E-state index is 0.0494. The highest BCUT2D eigenvalue weighted by Gasteiger charge is 2.38. The molecule has 2 N–H and O–H groups in total. The minimum atomic E-state index is -5.08. The van der Waals surface area contributed by atoms with Crippen molar-refractivity contribution >= 4 is 17.8 Å². The van der Waals surface area contributed by atoms with Gasteiger partial charge < -0.3 is 20.1 Å². The molecule has 19 heavy (non-hydrogen) atoms. The third kappa shape index (κ3) is 7.24. The monoisotopic (exact) mass is 286 g/mol. The highest BCUT2D eigenvalue weighted by molar-refractivity contribution is 5.83. The van der Waals surface area contributed by atoms with Gasteiger partial charge in [0.1, 0.15) is 6.54 Å². The zero-order valence-electron chi connectivity index (χ0n) is 9.99. The van der Waals surface area contributed by atoms with Crippen molar-refractivity contribution in [1.82, 2.24) is 10.2 Å². The summed E-state index contributed by atoms with van der Waals surface area (Å²) in [5.41, 5.74) is 0. The summed E-state index contributed by atoms with van der Waals surface area (Å²) in [5.74, 6) is -3.18. The van der Waals surface area contributed by atoms with Gasteiger partial charge in [-0.15, -0.1) is 0 Å². The second kappa shape index (κ2) is 7.56. The molecular formula is C9H13F3N2O5. The number of nitrogens with one attached hydrogen (secondary N) is 1. The van der Waals surface area contributed by atoms with Crippen LogP contribution in [0.4, 0.5) is 13.2 Å². The number of carbonyl (C=O) groups excluding carboxylic acids is 2. The number of carboxylic acid groups (broad SMARTS) is 1. The summed E-state index contributed by atoms with van der Waals surface area (Å²) in [5, 5.41) is 10.0. The van der Waals surface area contributed by atoms with Gasteiger partial charge >= 0.3 is 18.1 Å². The number of hydrogen-bond acceptors (Lipinski definition) is 5. The van der Waals surface area contributed by atoms with Gasteiger partial charge in [-0.25, -0.2) is 4.79 Å². The quantitative estimate of drug-likeness (QED) is 0.647. The molecular weight excluding hydrogens is 273 g/mol. The van der Waals surface area contributed by atoms with Crippen molar-refractivity contribution in [2.75, 3.05) is 33.3 Å². The van der Waals surface area contributed by atoms with Crippen LogP contribution in [-0.4, -0.2) is 67.3 Å². The van der Waals surface area contributed by atoms with Gasteiger partial charge in [0, 0.05) is 13.1 Å². The Morgan fingerprint density at radius 2 is 2.00 bits per heavy atom. The number of methoxy groups -OCH3 is 1. The predicted molar refractivity (Wildman–Crippen MR) is 55.2 cm³/mol. The van der Waals surface area contributed by atoms with Crippen LogP contribution in [0.25, 0.3) is 0 Å². The predicted octanol–water partition coefficient (Wildman–Crippen LogP) is -0.775. The number of alkyl halides is 3. The molecule has 0 spiro atoms. The lowest BCUT2D eigenvalue weighted by molar-refractivity contribution is -0.192. The molecule has 0 aromatic rings. The molecule has 0 radical (unpaired) electrons. The Kier molecular flexibility index (Phi) is 6.83. The van der Waals surface area contributed by atoms with E-state index in [0.717, 1.165) is 6.54 Å². The number of carboxylic acids is 1. The topological polar surface area (TPSA) is 95.9 Å². The zero-order chi connectivity index (χ0) is 15.1. The van der Waals surface area contributed by atoms with E-state index in [2.05, 4.69) is 10.1 Å². The van der Waals surface area contributed by atoms with E-state index in [1.807, 2.05) is 0 Å².